The molecule has 0 bridgehead atoms. The second-order valence-corrected chi connectivity index (χ2v) is 8.60. The lowest BCUT2D eigenvalue weighted by Gasteiger charge is -2.15. The number of hydrogen-bond donors (Lipinski definition) is 1. The van der Waals surface area contributed by atoms with Gasteiger partial charge in [0, 0.05) is 29.2 Å². The molecule has 1 N–H and O–H groups in total. The van der Waals surface area contributed by atoms with E-state index in [2.05, 4.69) is 10.5 Å². The smallest absolute Gasteiger partial charge is 0.267 e. The summed E-state index contributed by atoms with van der Waals surface area (Å²) in [7, 11) is -3.57. The van der Waals surface area contributed by atoms with Gasteiger partial charge in [-0.15, -0.1) is 0 Å². The van der Waals surface area contributed by atoms with Crippen LogP contribution in [0.3, 0.4) is 0 Å². The first-order chi connectivity index (χ1) is 12.9. The number of benzene rings is 2. The Bertz CT molecular complexity index is 983. The van der Waals surface area contributed by atoms with E-state index >= 15 is 0 Å². The van der Waals surface area contributed by atoms with E-state index in [0.717, 1.165) is 12.8 Å². The van der Waals surface area contributed by atoms with Crippen molar-refractivity contribution in [2.24, 2.45) is 5.10 Å². The van der Waals surface area contributed by atoms with Gasteiger partial charge in [0.25, 0.3) is 5.91 Å². The third kappa shape index (κ3) is 4.37. The van der Waals surface area contributed by atoms with Gasteiger partial charge in [-0.2, -0.15) is 9.41 Å². The Labute approximate surface area is 163 Å². The zero-order valence-corrected chi connectivity index (χ0v) is 16.4. The van der Waals surface area contributed by atoms with E-state index in [1.54, 1.807) is 31.2 Å². The number of amides is 1. The van der Waals surface area contributed by atoms with Crippen LogP contribution in [0.4, 0.5) is 0 Å². The predicted molar refractivity (Wildman–Crippen MR) is 106 cm³/mol. The molecule has 1 heterocycles. The first-order valence-corrected chi connectivity index (χ1v) is 10.4. The van der Waals surface area contributed by atoms with Gasteiger partial charge in [-0.3, -0.25) is 4.79 Å². The van der Waals surface area contributed by atoms with Crippen molar-refractivity contribution >= 4 is 33.2 Å². The van der Waals surface area contributed by atoms with Crippen LogP contribution in [0.1, 0.15) is 35.7 Å². The molecular formula is C19H20ClN3O3S. The molecule has 0 aromatic heterocycles. The Hall–Kier alpha value is -2.22. The number of hydrogen-bond acceptors (Lipinski definition) is 4. The highest BCUT2D eigenvalue weighted by Crippen LogP contribution is 2.21. The number of rotatable bonds is 5. The van der Waals surface area contributed by atoms with Crippen molar-refractivity contribution in [3.05, 3.63) is 64.7 Å². The lowest BCUT2D eigenvalue weighted by Crippen LogP contribution is -2.28. The van der Waals surface area contributed by atoms with E-state index < -0.39 is 15.9 Å². The first-order valence-electron chi connectivity index (χ1n) is 8.59. The Kier molecular flexibility index (Phi) is 5.94. The maximum Gasteiger partial charge on any atom is 0.271 e. The van der Waals surface area contributed by atoms with Gasteiger partial charge in [0.15, 0.2) is 0 Å². The third-order valence-corrected chi connectivity index (χ3v) is 6.61. The van der Waals surface area contributed by atoms with Crippen molar-refractivity contribution in [1.82, 2.24) is 9.73 Å². The van der Waals surface area contributed by atoms with Gasteiger partial charge in [0.05, 0.1) is 10.6 Å². The fraction of sp³-hybridized carbons (Fsp3) is 0.263. The van der Waals surface area contributed by atoms with Crippen LogP contribution >= 0.6 is 11.6 Å². The van der Waals surface area contributed by atoms with Gasteiger partial charge in [0.1, 0.15) is 0 Å². The summed E-state index contributed by atoms with van der Waals surface area (Å²) in [5, 5.41) is 4.61. The van der Waals surface area contributed by atoms with Crippen molar-refractivity contribution in [1.29, 1.82) is 0 Å². The topological polar surface area (TPSA) is 78.8 Å². The van der Waals surface area contributed by atoms with E-state index in [9.17, 15) is 13.2 Å². The molecule has 3 rings (SSSR count). The maximum atomic E-state index is 12.6. The minimum Gasteiger partial charge on any atom is -0.267 e. The molecule has 0 spiro atoms. The summed E-state index contributed by atoms with van der Waals surface area (Å²) in [6.07, 6.45) is 1.71. The van der Waals surface area contributed by atoms with Gasteiger partial charge >= 0.3 is 0 Å². The van der Waals surface area contributed by atoms with E-state index in [1.807, 2.05) is 12.1 Å². The summed E-state index contributed by atoms with van der Waals surface area (Å²) in [4.78, 5) is 12.5. The number of nitrogens with zero attached hydrogens (tertiary/aromatic N) is 2. The standard InChI is InChI=1S/C19H20ClN3O3S/c1-14(17-9-2-3-10-18(17)20)21-22-19(24)15-7-6-8-16(13-15)27(25,26)23-11-4-5-12-23/h2-3,6-10,13H,4-5,11-12H2,1H3,(H,22,24)/b21-14-. The normalized spacial score (nSPS) is 15.7. The van der Waals surface area contributed by atoms with Gasteiger partial charge in [-0.25, -0.2) is 13.8 Å². The Morgan fingerprint density at radius 1 is 1.11 bits per heavy atom. The molecule has 2 aromatic rings. The fourth-order valence-corrected chi connectivity index (χ4v) is 4.73. The average Bonchev–Trinajstić information content (AvgIpc) is 3.22. The van der Waals surface area contributed by atoms with Crippen molar-refractivity contribution in [2.75, 3.05) is 13.1 Å². The first kappa shape index (κ1) is 19.5. The van der Waals surface area contributed by atoms with Crippen molar-refractivity contribution < 1.29 is 13.2 Å². The molecule has 1 aliphatic heterocycles. The van der Waals surface area contributed by atoms with Crippen LogP contribution in [0.5, 0.6) is 0 Å². The van der Waals surface area contributed by atoms with Crippen molar-refractivity contribution in [3.8, 4) is 0 Å². The summed E-state index contributed by atoms with van der Waals surface area (Å²) < 4.78 is 26.7. The van der Waals surface area contributed by atoms with Gasteiger partial charge in [-0.1, -0.05) is 35.9 Å². The number of halogens is 1. The second kappa shape index (κ2) is 8.21. The summed E-state index contributed by atoms with van der Waals surface area (Å²) in [6, 6.07) is 13.2. The molecule has 1 aliphatic rings. The summed E-state index contributed by atoms with van der Waals surface area (Å²) in [5.74, 6) is -0.486. The molecule has 1 saturated heterocycles. The molecule has 6 nitrogen and oxygen atoms in total. The zero-order valence-electron chi connectivity index (χ0n) is 14.9. The minimum atomic E-state index is -3.57. The molecule has 2 aromatic carbocycles. The molecule has 0 atom stereocenters. The van der Waals surface area contributed by atoms with Crippen LogP contribution in [0, 0.1) is 0 Å². The van der Waals surface area contributed by atoms with Crippen LogP contribution in [0.15, 0.2) is 58.5 Å². The van der Waals surface area contributed by atoms with E-state index in [0.29, 0.717) is 29.4 Å². The summed E-state index contributed by atoms with van der Waals surface area (Å²) in [6.45, 7) is 2.76. The highest BCUT2D eigenvalue weighted by atomic mass is 35.5. The van der Waals surface area contributed by atoms with E-state index in [1.165, 1.54) is 16.4 Å². The van der Waals surface area contributed by atoms with Gasteiger partial charge < -0.3 is 0 Å². The third-order valence-electron chi connectivity index (χ3n) is 4.39. The van der Waals surface area contributed by atoms with Gasteiger partial charge in [-0.05, 0) is 44.0 Å². The van der Waals surface area contributed by atoms with Crippen LogP contribution in [-0.2, 0) is 10.0 Å². The Morgan fingerprint density at radius 2 is 1.81 bits per heavy atom. The van der Waals surface area contributed by atoms with Crippen LogP contribution < -0.4 is 5.43 Å². The molecule has 0 radical (unpaired) electrons. The van der Waals surface area contributed by atoms with Gasteiger partial charge in [0.2, 0.25) is 10.0 Å². The quantitative estimate of drug-likeness (QED) is 0.612. The Balaban J connectivity index is 1.78. The lowest BCUT2D eigenvalue weighted by atomic mass is 10.1. The molecule has 142 valence electrons. The average molecular weight is 406 g/mol. The number of carbonyl (C=O) groups excluding carboxylic acids is 1. The Morgan fingerprint density at radius 3 is 2.52 bits per heavy atom. The highest BCUT2D eigenvalue weighted by Gasteiger charge is 2.27. The van der Waals surface area contributed by atoms with E-state index in [-0.39, 0.29) is 10.5 Å². The van der Waals surface area contributed by atoms with E-state index in [4.69, 9.17) is 11.6 Å². The lowest BCUT2D eigenvalue weighted by molar-refractivity contribution is 0.0954. The molecule has 27 heavy (non-hydrogen) atoms. The molecule has 1 amide bonds. The molecule has 1 fully saturated rings. The molecule has 0 saturated carbocycles. The molecule has 0 unspecified atom stereocenters. The van der Waals surface area contributed by atoms with Crippen LogP contribution in [0.25, 0.3) is 0 Å². The highest BCUT2D eigenvalue weighted by molar-refractivity contribution is 7.89. The second-order valence-electron chi connectivity index (χ2n) is 6.26. The minimum absolute atomic E-state index is 0.115. The predicted octanol–water partition coefficient (Wildman–Crippen LogP) is 3.28. The number of carbonyl (C=O) groups is 1. The largest absolute Gasteiger partial charge is 0.271 e. The summed E-state index contributed by atoms with van der Waals surface area (Å²) >= 11 is 6.12. The van der Waals surface area contributed by atoms with Crippen molar-refractivity contribution in [2.45, 2.75) is 24.7 Å². The molecule has 0 aliphatic carbocycles. The number of hydrazone groups is 1. The van der Waals surface area contributed by atoms with Crippen LogP contribution in [-0.4, -0.2) is 37.4 Å². The SMILES string of the molecule is C/C(=N/NC(=O)c1cccc(S(=O)(=O)N2CCCC2)c1)c1ccccc1Cl. The van der Waals surface area contributed by atoms with Crippen molar-refractivity contribution in [3.63, 3.8) is 0 Å². The summed E-state index contributed by atoms with van der Waals surface area (Å²) in [5.41, 5.74) is 3.95. The van der Waals surface area contributed by atoms with Crippen LogP contribution in [0.2, 0.25) is 5.02 Å². The fourth-order valence-electron chi connectivity index (χ4n) is 2.89. The molecular weight excluding hydrogens is 386 g/mol. The maximum absolute atomic E-state index is 12.6. The zero-order chi connectivity index (χ0) is 19.4. The molecule has 8 heteroatoms. The monoisotopic (exact) mass is 405 g/mol. The number of nitrogens with one attached hydrogen (secondary N) is 1. The number of sulfonamides is 1.